The van der Waals surface area contributed by atoms with Crippen LogP contribution in [0.1, 0.15) is 22.8 Å². The van der Waals surface area contributed by atoms with E-state index in [4.69, 9.17) is 23.2 Å². The molecule has 19 heteroatoms. The van der Waals surface area contributed by atoms with Gasteiger partial charge in [-0.15, -0.1) is 0 Å². The van der Waals surface area contributed by atoms with Gasteiger partial charge in [0, 0.05) is 75.9 Å². The van der Waals surface area contributed by atoms with Gasteiger partial charge in [0.25, 0.3) is 0 Å². The van der Waals surface area contributed by atoms with Crippen molar-refractivity contribution in [1.82, 2.24) is 29.4 Å². The summed E-state index contributed by atoms with van der Waals surface area (Å²) in [6.45, 7) is 4.85. The molecule has 0 saturated carbocycles. The van der Waals surface area contributed by atoms with Gasteiger partial charge >= 0.3 is 12.4 Å². The third-order valence-corrected chi connectivity index (χ3v) is 11.0. The number of phenols is 2. The average molecular weight is 804 g/mol. The molecule has 2 atom stereocenters. The highest BCUT2D eigenvalue weighted by molar-refractivity contribution is 6.32. The fourth-order valence-corrected chi connectivity index (χ4v) is 7.53. The Morgan fingerprint density at radius 1 is 0.667 bits per heavy atom. The summed E-state index contributed by atoms with van der Waals surface area (Å²) in [5.74, 6) is -0.306. The third-order valence-electron chi connectivity index (χ3n) is 10.1. The van der Waals surface area contributed by atoms with Gasteiger partial charge in [0.2, 0.25) is 0 Å². The van der Waals surface area contributed by atoms with Gasteiger partial charge in [-0.05, 0) is 38.1 Å². The van der Waals surface area contributed by atoms with Gasteiger partial charge in [0.1, 0.15) is 11.5 Å². The lowest BCUT2D eigenvalue weighted by Crippen LogP contribution is -2.61. The summed E-state index contributed by atoms with van der Waals surface area (Å²) >= 11 is 12.2. The first-order valence-electron chi connectivity index (χ1n) is 17.1. The minimum atomic E-state index is -4.86. The number of alkyl halides is 6. The molecule has 0 bridgehead atoms. The number of nitrogens with zero attached hydrogens (tertiary/aromatic N) is 8. The topological polar surface area (TPSA) is 106 Å². The van der Waals surface area contributed by atoms with E-state index in [0.29, 0.717) is 26.2 Å². The lowest BCUT2D eigenvalue weighted by molar-refractivity contribution is -0.142. The summed E-state index contributed by atoms with van der Waals surface area (Å²) in [4.78, 5) is 22.8. The minimum Gasteiger partial charge on any atom is -0.508 e. The molecule has 2 aliphatic rings. The number of Topliss-reactive ketones (excluding diaryl/α,β-unsaturated/α-hetero) is 1. The number of phenolic OH excluding ortho intramolecular Hbond substituents is 2. The zero-order valence-corrected chi connectivity index (χ0v) is 30.8. The average Bonchev–Trinajstić information content (AvgIpc) is 3.58. The number of benzene rings is 2. The lowest BCUT2D eigenvalue weighted by Gasteiger charge is -2.43. The molecule has 2 saturated heterocycles. The van der Waals surface area contributed by atoms with Gasteiger partial charge in [-0.25, -0.2) is 0 Å². The summed E-state index contributed by atoms with van der Waals surface area (Å²) in [5.41, 5.74) is -1.08. The number of hydrogen-bond acceptors (Lipinski definition) is 9. The Labute approximate surface area is 316 Å². The van der Waals surface area contributed by atoms with Crippen molar-refractivity contribution in [1.29, 1.82) is 0 Å². The van der Waals surface area contributed by atoms with Crippen LogP contribution < -0.4 is 9.80 Å². The number of hydrogen-bond donors (Lipinski definition) is 2. The van der Waals surface area contributed by atoms with Crippen LogP contribution in [0.15, 0.2) is 48.5 Å². The highest BCUT2D eigenvalue weighted by Gasteiger charge is 2.43. The number of piperazine rings is 2. The van der Waals surface area contributed by atoms with Gasteiger partial charge in [-0.3, -0.25) is 24.0 Å². The maximum Gasteiger partial charge on any atom is 0.436 e. The number of ketones is 1. The SMILES string of the molecule is Cc1c(Cl)c(C(F)(F)F)nn1CC(C(=O)C(Cn1nc(C(F)(F)F)c(Cl)c1C)N1CCN(c2cccc(O)c2)CC1)N1CCN(c2cccc(O)c2)CC1. The number of halogens is 8. The second-order valence-corrected chi connectivity index (χ2v) is 14.1. The van der Waals surface area contributed by atoms with E-state index in [-0.39, 0.29) is 62.2 Å². The Morgan fingerprint density at radius 3 is 1.31 bits per heavy atom. The van der Waals surface area contributed by atoms with Gasteiger partial charge in [-0.2, -0.15) is 36.5 Å². The molecule has 0 aliphatic carbocycles. The first-order valence-corrected chi connectivity index (χ1v) is 17.9. The van der Waals surface area contributed by atoms with Crippen molar-refractivity contribution in [3.05, 3.63) is 81.4 Å². The van der Waals surface area contributed by atoms with Crippen LogP contribution in [0.2, 0.25) is 10.0 Å². The normalized spacial score (nSPS) is 17.6. The number of aromatic nitrogens is 4. The first-order chi connectivity index (χ1) is 25.4. The molecule has 0 spiro atoms. The van der Waals surface area contributed by atoms with Crippen molar-refractivity contribution in [2.75, 3.05) is 62.2 Å². The molecule has 2 unspecified atom stereocenters. The van der Waals surface area contributed by atoms with Crippen molar-refractivity contribution in [3.63, 3.8) is 0 Å². The fraction of sp³-hybridized carbons (Fsp3) is 0.457. The molecule has 2 fully saturated rings. The van der Waals surface area contributed by atoms with Gasteiger partial charge < -0.3 is 20.0 Å². The van der Waals surface area contributed by atoms with Crippen molar-refractivity contribution in [2.45, 2.75) is 51.4 Å². The molecule has 11 nitrogen and oxygen atoms in total. The van der Waals surface area contributed by atoms with Gasteiger partial charge in [0.05, 0.1) is 46.6 Å². The van der Waals surface area contributed by atoms with E-state index in [1.807, 2.05) is 31.7 Å². The van der Waals surface area contributed by atoms with Crippen LogP contribution in [-0.2, 0) is 30.2 Å². The van der Waals surface area contributed by atoms with Gasteiger partial charge in [-0.1, -0.05) is 35.3 Å². The Morgan fingerprint density at radius 2 is 1.02 bits per heavy atom. The number of aromatic hydroxyl groups is 2. The Bertz CT molecular complexity index is 1830. The standard InChI is InChI=1S/C35H38Cl2F6N8O3/c1-21-29(36)32(34(38,39)40)44-50(21)19-27(48-13-9-46(10-14-48)23-5-3-7-25(52)17-23)31(54)28(20-51-22(2)30(37)33(45-51)35(41,42)43)49-15-11-47(12-16-49)24-6-4-8-26(53)18-24/h3-8,17-18,27-28,52-53H,9-16,19-20H2,1-2H3. The van der Waals surface area contributed by atoms with E-state index in [9.17, 15) is 36.6 Å². The number of carbonyl (C=O) groups is 1. The molecule has 4 aromatic rings. The van der Waals surface area contributed by atoms with Crippen molar-refractivity contribution in [2.24, 2.45) is 0 Å². The van der Waals surface area contributed by atoms with Crippen LogP contribution >= 0.6 is 23.2 Å². The third kappa shape index (κ3) is 8.38. The molecule has 292 valence electrons. The van der Waals surface area contributed by atoms with E-state index in [2.05, 4.69) is 10.2 Å². The minimum absolute atomic E-state index is 0.000915. The predicted molar refractivity (Wildman–Crippen MR) is 190 cm³/mol. The zero-order valence-electron chi connectivity index (χ0n) is 29.2. The van der Waals surface area contributed by atoms with Crippen LogP contribution in [0.25, 0.3) is 0 Å². The van der Waals surface area contributed by atoms with Crippen molar-refractivity contribution in [3.8, 4) is 11.5 Å². The molecule has 6 rings (SSSR count). The highest BCUT2D eigenvalue weighted by atomic mass is 35.5. The monoisotopic (exact) mass is 802 g/mol. The molecule has 2 N–H and O–H groups in total. The van der Waals surface area contributed by atoms with Gasteiger partial charge in [0.15, 0.2) is 17.2 Å². The molecule has 54 heavy (non-hydrogen) atoms. The Balaban J connectivity index is 1.35. The van der Waals surface area contributed by atoms with Crippen molar-refractivity contribution >= 4 is 40.4 Å². The van der Waals surface area contributed by atoms with Crippen molar-refractivity contribution < 1.29 is 41.4 Å². The van der Waals surface area contributed by atoms with E-state index in [0.717, 1.165) is 20.7 Å². The summed E-state index contributed by atoms with van der Waals surface area (Å²) in [6.07, 6.45) is -9.71. The predicted octanol–water partition coefficient (Wildman–Crippen LogP) is 6.10. The maximum absolute atomic E-state index is 15.1. The van der Waals surface area contributed by atoms with E-state index in [1.165, 1.54) is 26.0 Å². The zero-order chi connectivity index (χ0) is 39.1. The number of rotatable bonds is 10. The molecular weight excluding hydrogens is 765 g/mol. The fourth-order valence-electron chi connectivity index (χ4n) is 7.05. The lowest BCUT2D eigenvalue weighted by atomic mass is 9.99. The van der Waals surface area contributed by atoms with Crippen LogP contribution in [0.4, 0.5) is 37.7 Å². The molecule has 0 radical (unpaired) electrons. The van der Waals surface area contributed by atoms with Crippen LogP contribution in [0.3, 0.4) is 0 Å². The molecule has 2 aromatic heterocycles. The first kappa shape index (κ1) is 39.5. The number of anilines is 2. The van der Waals surface area contributed by atoms with E-state index in [1.54, 1.807) is 24.3 Å². The Kier molecular flexibility index (Phi) is 11.3. The summed E-state index contributed by atoms with van der Waals surface area (Å²) in [5, 5.41) is 26.4. The largest absolute Gasteiger partial charge is 0.508 e. The quantitative estimate of drug-likeness (QED) is 0.184. The molecular formula is C35H38Cl2F6N8O3. The maximum atomic E-state index is 15.1. The second kappa shape index (κ2) is 15.5. The highest BCUT2D eigenvalue weighted by Crippen LogP contribution is 2.37. The van der Waals surface area contributed by atoms with Crippen LogP contribution in [0, 0.1) is 13.8 Å². The van der Waals surface area contributed by atoms with E-state index < -0.39 is 51.7 Å². The summed E-state index contributed by atoms with van der Waals surface area (Å²) < 4.78 is 85.4. The summed E-state index contributed by atoms with van der Waals surface area (Å²) in [6, 6.07) is 11.2. The number of carbonyl (C=O) groups excluding carboxylic acids is 1. The molecule has 2 aromatic carbocycles. The Hall–Kier alpha value is -4.19. The van der Waals surface area contributed by atoms with E-state index >= 15 is 4.79 Å². The molecule has 4 heterocycles. The second-order valence-electron chi connectivity index (χ2n) is 13.4. The molecule has 0 amide bonds. The molecule has 2 aliphatic heterocycles. The summed E-state index contributed by atoms with van der Waals surface area (Å²) in [7, 11) is 0. The van der Waals surface area contributed by atoms with Crippen LogP contribution in [-0.4, -0.2) is 110 Å². The smallest absolute Gasteiger partial charge is 0.436 e. The van der Waals surface area contributed by atoms with Crippen LogP contribution in [0.5, 0.6) is 11.5 Å².